The number of carbonyl (C=O) groups excluding carboxylic acids is 1. The van der Waals surface area contributed by atoms with E-state index in [1.54, 1.807) is 11.2 Å². The second-order valence-electron chi connectivity index (χ2n) is 4.48. The van der Waals surface area contributed by atoms with Crippen molar-refractivity contribution in [2.45, 2.75) is 13.5 Å². The van der Waals surface area contributed by atoms with Gasteiger partial charge in [-0.15, -0.1) is 12.4 Å². The smallest absolute Gasteiger partial charge is 0.225 e. The number of hydrogen-bond acceptors (Lipinski definition) is 3. The van der Waals surface area contributed by atoms with Gasteiger partial charge in [0, 0.05) is 13.0 Å². The molecule has 1 aromatic heterocycles. The topological polar surface area (TPSA) is 45.5 Å². The lowest BCUT2D eigenvalue weighted by Crippen LogP contribution is -2.49. The van der Waals surface area contributed by atoms with E-state index in [0.717, 1.165) is 18.8 Å². The van der Waals surface area contributed by atoms with Crippen LogP contribution in [0.2, 0.25) is 0 Å². The lowest BCUT2D eigenvalue weighted by molar-refractivity contribution is -0.136. The Labute approximate surface area is 108 Å². The molecule has 0 spiro atoms. The van der Waals surface area contributed by atoms with E-state index in [4.69, 9.17) is 4.42 Å². The number of nitrogens with one attached hydrogen (secondary N) is 1. The van der Waals surface area contributed by atoms with Crippen molar-refractivity contribution >= 4 is 18.3 Å². The number of carbonyl (C=O) groups is 1. The van der Waals surface area contributed by atoms with Crippen molar-refractivity contribution in [3.05, 3.63) is 24.2 Å². The third-order valence-electron chi connectivity index (χ3n) is 3.26. The zero-order valence-corrected chi connectivity index (χ0v) is 11.0. The third kappa shape index (κ3) is 3.23. The first-order valence-corrected chi connectivity index (χ1v) is 5.66. The molecule has 96 valence electrons. The Morgan fingerprint density at radius 1 is 1.65 bits per heavy atom. The van der Waals surface area contributed by atoms with Gasteiger partial charge in [0.05, 0.1) is 12.8 Å². The lowest BCUT2D eigenvalue weighted by Gasteiger charge is -2.33. The summed E-state index contributed by atoms with van der Waals surface area (Å²) in [6.07, 6.45) is 1.63. The van der Waals surface area contributed by atoms with Gasteiger partial charge >= 0.3 is 0 Å². The molecule has 0 aliphatic carbocycles. The zero-order valence-electron chi connectivity index (χ0n) is 10.2. The Morgan fingerprint density at radius 3 is 2.82 bits per heavy atom. The highest BCUT2D eigenvalue weighted by molar-refractivity contribution is 5.85. The molecule has 0 aromatic carbocycles. The summed E-state index contributed by atoms with van der Waals surface area (Å²) >= 11 is 0. The molecular weight excluding hydrogens is 240 g/mol. The van der Waals surface area contributed by atoms with E-state index in [1.807, 2.05) is 26.1 Å². The maximum absolute atomic E-state index is 12.1. The first-order chi connectivity index (χ1) is 7.68. The minimum Gasteiger partial charge on any atom is -0.467 e. The molecule has 0 saturated carbocycles. The van der Waals surface area contributed by atoms with Crippen molar-refractivity contribution < 1.29 is 9.21 Å². The lowest BCUT2D eigenvalue weighted by atomic mass is 9.88. The van der Waals surface area contributed by atoms with Crippen molar-refractivity contribution in [1.82, 2.24) is 10.2 Å². The van der Waals surface area contributed by atoms with Gasteiger partial charge in [-0.3, -0.25) is 4.79 Å². The molecule has 1 aromatic rings. The highest BCUT2D eigenvalue weighted by Gasteiger charge is 2.30. The van der Waals surface area contributed by atoms with Gasteiger partial charge in [-0.2, -0.15) is 0 Å². The van der Waals surface area contributed by atoms with Crippen LogP contribution in [0.15, 0.2) is 22.8 Å². The first kappa shape index (κ1) is 14.1. The zero-order chi connectivity index (χ0) is 11.5. The van der Waals surface area contributed by atoms with Gasteiger partial charge in [0.1, 0.15) is 5.76 Å². The van der Waals surface area contributed by atoms with E-state index < -0.39 is 0 Å². The Morgan fingerprint density at radius 2 is 2.35 bits per heavy atom. The van der Waals surface area contributed by atoms with Crippen molar-refractivity contribution in [2.24, 2.45) is 11.8 Å². The molecule has 1 N–H and O–H groups in total. The summed E-state index contributed by atoms with van der Waals surface area (Å²) in [4.78, 5) is 13.8. The van der Waals surface area contributed by atoms with Crippen molar-refractivity contribution in [2.75, 3.05) is 20.1 Å². The Balaban J connectivity index is 0.00000144. The van der Waals surface area contributed by atoms with Crippen LogP contribution in [0.4, 0.5) is 0 Å². The molecule has 5 heteroatoms. The molecule has 1 saturated heterocycles. The summed E-state index contributed by atoms with van der Waals surface area (Å²) in [5.41, 5.74) is 0. The maximum atomic E-state index is 12.1. The fraction of sp³-hybridized carbons (Fsp3) is 0.583. The average molecular weight is 259 g/mol. The number of halogens is 1. The molecule has 1 fully saturated rings. The first-order valence-electron chi connectivity index (χ1n) is 5.66. The fourth-order valence-corrected chi connectivity index (χ4v) is 1.93. The summed E-state index contributed by atoms with van der Waals surface area (Å²) in [6.45, 7) is 4.48. The summed E-state index contributed by atoms with van der Waals surface area (Å²) in [5, 5.41) is 3.19. The Bertz CT molecular complexity index is 349. The molecule has 17 heavy (non-hydrogen) atoms. The van der Waals surface area contributed by atoms with Gasteiger partial charge in [-0.05, 0) is 31.1 Å². The summed E-state index contributed by atoms with van der Waals surface area (Å²) in [5.74, 6) is 1.62. The number of furan rings is 1. The monoisotopic (exact) mass is 258 g/mol. The van der Waals surface area contributed by atoms with Crippen LogP contribution in [0.5, 0.6) is 0 Å². The number of hydrogen-bond donors (Lipinski definition) is 1. The number of nitrogens with zero attached hydrogens (tertiary/aromatic N) is 1. The third-order valence-corrected chi connectivity index (χ3v) is 3.26. The van der Waals surface area contributed by atoms with Gasteiger partial charge in [0.25, 0.3) is 0 Å². The largest absolute Gasteiger partial charge is 0.467 e. The summed E-state index contributed by atoms with van der Waals surface area (Å²) in [7, 11) is 1.83. The van der Waals surface area contributed by atoms with E-state index in [9.17, 15) is 4.79 Å². The van der Waals surface area contributed by atoms with Crippen LogP contribution < -0.4 is 5.32 Å². The molecule has 1 unspecified atom stereocenters. The molecule has 1 aliphatic heterocycles. The van der Waals surface area contributed by atoms with Crippen LogP contribution in [0.1, 0.15) is 12.7 Å². The molecule has 1 atom stereocenters. The predicted octanol–water partition coefficient (Wildman–Crippen LogP) is 1.52. The predicted molar refractivity (Wildman–Crippen MR) is 68.0 cm³/mol. The minimum atomic E-state index is 0. The second-order valence-corrected chi connectivity index (χ2v) is 4.48. The SMILES string of the molecule is CC(C(=O)N(C)Cc1ccco1)C1CNC1.Cl. The fourth-order valence-electron chi connectivity index (χ4n) is 1.93. The number of rotatable bonds is 4. The van der Waals surface area contributed by atoms with Crippen molar-refractivity contribution in [3.63, 3.8) is 0 Å². The standard InChI is InChI=1S/C12H18N2O2.ClH/c1-9(10-6-13-7-10)12(15)14(2)8-11-4-3-5-16-11;/h3-5,9-10,13H,6-8H2,1-2H3;1H. The summed E-state index contributed by atoms with van der Waals surface area (Å²) < 4.78 is 5.23. The Hall–Kier alpha value is -1.00. The normalized spacial score (nSPS) is 16.8. The van der Waals surface area contributed by atoms with Crippen molar-refractivity contribution in [1.29, 1.82) is 0 Å². The highest BCUT2D eigenvalue weighted by Crippen LogP contribution is 2.18. The van der Waals surface area contributed by atoms with Crippen LogP contribution in [0.3, 0.4) is 0 Å². The van der Waals surface area contributed by atoms with E-state index in [0.29, 0.717) is 12.5 Å². The molecule has 1 aliphatic rings. The molecule has 2 rings (SSSR count). The molecule has 0 radical (unpaired) electrons. The van der Waals surface area contributed by atoms with E-state index in [-0.39, 0.29) is 24.2 Å². The molecule has 2 heterocycles. The van der Waals surface area contributed by atoms with Gasteiger partial charge in [0.2, 0.25) is 5.91 Å². The van der Waals surface area contributed by atoms with Crippen LogP contribution >= 0.6 is 12.4 Å². The van der Waals surface area contributed by atoms with Crippen LogP contribution in [0, 0.1) is 11.8 Å². The Kier molecular flexibility index (Phi) is 5.02. The molecule has 4 nitrogen and oxygen atoms in total. The quantitative estimate of drug-likeness (QED) is 0.891. The van der Waals surface area contributed by atoms with Gasteiger partial charge < -0.3 is 14.6 Å². The molecule has 0 bridgehead atoms. The summed E-state index contributed by atoms with van der Waals surface area (Å²) in [6, 6.07) is 3.73. The molecular formula is C12H19ClN2O2. The van der Waals surface area contributed by atoms with Crippen LogP contribution in [-0.4, -0.2) is 30.9 Å². The second kappa shape index (κ2) is 6.07. The average Bonchev–Trinajstić information content (AvgIpc) is 2.66. The maximum Gasteiger partial charge on any atom is 0.225 e. The molecule has 1 amide bonds. The van der Waals surface area contributed by atoms with E-state index in [1.165, 1.54) is 0 Å². The van der Waals surface area contributed by atoms with Crippen LogP contribution in [-0.2, 0) is 11.3 Å². The van der Waals surface area contributed by atoms with Gasteiger partial charge in [0.15, 0.2) is 0 Å². The minimum absolute atomic E-state index is 0. The van der Waals surface area contributed by atoms with Crippen molar-refractivity contribution in [3.8, 4) is 0 Å². The van der Waals surface area contributed by atoms with Gasteiger partial charge in [-0.25, -0.2) is 0 Å². The van der Waals surface area contributed by atoms with Gasteiger partial charge in [-0.1, -0.05) is 6.92 Å². The van der Waals surface area contributed by atoms with E-state index in [2.05, 4.69) is 5.32 Å². The van der Waals surface area contributed by atoms with E-state index >= 15 is 0 Å². The number of amides is 1. The van der Waals surface area contributed by atoms with Crippen LogP contribution in [0.25, 0.3) is 0 Å². The highest BCUT2D eigenvalue weighted by atomic mass is 35.5.